The lowest BCUT2D eigenvalue weighted by atomic mass is 9.99. The Kier molecular flexibility index (Phi) is 6.07. The van der Waals surface area contributed by atoms with Crippen LogP contribution in [0.4, 0.5) is 0 Å². The van der Waals surface area contributed by atoms with Gasteiger partial charge in [0.1, 0.15) is 6.04 Å². The highest BCUT2D eigenvalue weighted by atomic mass is 32.4. The SMILES string of the molecule is N[C@@H](CP(=S)(C1CCCCC1)C1CCCCC1)C(=O)O. The molecule has 0 saturated heterocycles. The van der Waals surface area contributed by atoms with Gasteiger partial charge in [-0.05, 0) is 43.0 Å². The van der Waals surface area contributed by atoms with E-state index in [2.05, 4.69) is 0 Å². The van der Waals surface area contributed by atoms with Gasteiger partial charge in [-0.25, -0.2) is 0 Å². The highest BCUT2D eigenvalue weighted by Gasteiger charge is 2.39. The third kappa shape index (κ3) is 3.84. The lowest BCUT2D eigenvalue weighted by molar-refractivity contribution is -0.137. The van der Waals surface area contributed by atoms with Crippen LogP contribution in [0.25, 0.3) is 0 Å². The highest BCUT2D eigenvalue weighted by Crippen LogP contribution is 2.63. The molecular formula is C15H28NO2PS. The maximum Gasteiger partial charge on any atom is 0.320 e. The molecule has 0 heterocycles. The van der Waals surface area contributed by atoms with Gasteiger partial charge in [-0.2, -0.15) is 0 Å². The minimum absolute atomic E-state index is 0.590. The summed E-state index contributed by atoms with van der Waals surface area (Å²) in [6, 6.07) is -2.40. The topological polar surface area (TPSA) is 63.3 Å². The van der Waals surface area contributed by atoms with Crippen molar-refractivity contribution in [1.29, 1.82) is 0 Å². The zero-order valence-electron chi connectivity index (χ0n) is 12.3. The summed E-state index contributed by atoms with van der Waals surface area (Å²) in [6.07, 6.45) is 13.2. The Morgan fingerprint density at radius 3 is 1.80 bits per heavy atom. The Hall–Kier alpha value is 0.0800. The molecule has 2 fully saturated rings. The normalized spacial score (nSPS) is 24.4. The number of aliphatic carboxylic acids is 1. The average molecular weight is 317 g/mol. The fourth-order valence-corrected chi connectivity index (χ4v) is 10.2. The summed E-state index contributed by atoms with van der Waals surface area (Å²) in [6.45, 7) is 0. The molecule has 2 saturated carbocycles. The summed E-state index contributed by atoms with van der Waals surface area (Å²) in [5.74, 6) is -0.870. The van der Waals surface area contributed by atoms with Crippen LogP contribution in [0.15, 0.2) is 0 Å². The average Bonchev–Trinajstić information content (AvgIpc) is 2.48. The largest absolute Gasteiger partial charge is 0.480 e. The van der Waals surface area contributed by atoms with Crippen molar-refractivity contribution in [2.75, 3.05) is 6.16 Å². The number of carboxylic acid groups (broad SMARTS) is 1. The number of rotatable bonds is 5. The Balaban J connectivity index is 2.16. The molecule has 2 aliphatic carbocycles. The van der Waals surface area contributed by atoms with E-state index in [-0.39, 0.29) is 0 Å². The molecule has 3 N–H and O–H groups in total. The maximum atomic E-state index is 11.2. The molecule has 0 aromatic rings. The molecule has 0 unspecified atom stereocenters. The number of carbonyl (C=O) groups is 1. The molecule has 0 aromatic heterocycles. The van der Waals surface area contributed by atoms with Crippen LogP contribution in [0.1, 0.15) is 64.2 Å². The summed E-state index contributed by atoms with van der Waals surface area (Å²) in [5, 5.41) is 9.19. The smallest absolute Gasteiger partial charge is 0.320 e. The molecule has 2 rings (SSSR count). The number of carboxylic acids is 1. The van der Waals surface area contributed by atoms with Crippen molar-refractivity contribution >= 4 is 23.8 Å². The molecule has 1 atom stereocenters. The van der Waals surface area contributed by atoms with Crippen LogP contribution in [0.2, 0.25) is 0 Å². The molecule has 0 radical (unpaired) electrons. The highest BCUT2D eigenvalue weighted by molar-refractivity contribution is 8.15. The zero-order chi connectivity index (χ0) is 14.6. The maximum absolute atomic E-state index is 11.2. The molecule has 0 bridgehead atoms. The first-order valence-corrected chi connectivity index (χ1v) is 11.2. The Labute approximate surface area is 127 Å². The van der Waals surface area contributed by atoms with Gasteiger partial charge < -0.3 is 10.8 Å². The standard InChI is InChI=1S/C15H28NO2PS/c16-14(15(17)18)11-19(20,12-7-3-1-4-8-12)13-9-5-2-6-10-13/h12-14H,1-11,16H2,(H,17,18)/t14-/m0/s1. The van der Waals surface area contributed by atoms with Crippen molar-refractivity contribution in [3.05, 3.63) is 0 Å². The quantitative estimate of drug-likeness (QED) is 0.761. The van der Waals surface area contributed by atoms with Crippen LogP contribution in [-0.4, -0.2) is 34.6 Å². The molecular weight excluding hydrogens is 289 g/mol. The van der Waals surface area contributed by atoms with E-state index in [1.54, 1.807) is 0 Å². The predicted octanol–water partition coefficient (Wildman–Crippen LogP) is 3.54. The van der Waals surface area contributed by atoms with E-state index in [4.69, 9.17) is 17.5 Å². The Morgan fingerprint density at radius 1 is 1.05 bits per heavy atom. The van der Waals surface area contributed by atoms with Crippen LogP contribution < -0.4 is 5.73 Å². The first-order chi connectivity index (χ1) is 9.54. The number of nitrogens with two attached hydrogens (primary N) is 1. The van der Waals surface area contributed by atoms with Crippen LogP contribution in [0, 0.1) is 0 Å². The predicted molar refractivity (Wildman–Crippen MR) is 88.5 cm³/mol. The monoisotopic (exact) mass is 317 g/mol. The summed E-state index contributed by atoms with van der Waals surface area (Å²) in [7, 11) is 0. The van der Waals surface area contributed by atoms with Gasteiger partial charge in [0, 0.05) is 6.16 Å². The minimum atomic E-state index is -1.65. The van der Waals surface area contributed by atoms with Crippen LogP contribution in [0.3, 0.4) is 0 Å². The van der Waals surface area contributed by atoms with Gasteiger partial charge >= 0.3 is 5.97 Å². The van der Waals surface area contributed by atoms with Gasteiger partial charge in [0.25, 0.3) is 0 Å². The van der Waals surface area contributed by atoms with Crippen molar-refractivity contribution < 1.29 is 9.90 Å². The van der Waals surface area contributed by atoms with E-state index in [1.807, 2.05) is 0 Å². The molecule has 5 heteroatoms. The Morgan fingerprint density at radius 2 is 1.45 bits per heavy atom. The van der Waals surface area contributed by atoms with Crippen molar-refractivity contribution in [3.63, 3.8) is 0 Å². The van der Waals surface area contributed by atoms with Crippen molar-refractivity contribution in [2.45, 2.75) is 81.6 Å². The van der Waals surface area contributed by atoms with Crippen LogP contribution >= 0.6 is 6.04 Å². The van der Waals surface area contributed by atoms with Gasteiger partial charge in [-0.15, -0.1) is 0 Å². The molecule has 0 spiro atoms. The third-order valence-corrected chi connectivity index (χ3v) is 11.9. The molecule has 20 heavy (non-hydrogen) atoms. The fraction of sp³-hybridized carbons (Fsp3) is 0.933. The van der Waals surface area contributed by atoms with E-state index < -0.39 is 18.0 Å². The van der Waals surface area contributed by atoms with Crippen molar-refractivity contribution in [3.8, 4) is 0 Å². The zero-order valence-corrected chi connectivity index (χ0v) is 14.0. The lowest BCUT2D eigenvalue weighted by Crippen LogP contribution is -2.38. The minimum Gasteiger partial charge on any atom is -0.480 e. The van der Waals surface area contributed by atoms with Crippen LogP contribution in [-0.2, 0) is 16.6 Å². The molecule has 0 amide bonds. The van der Waals surface area contributed by atoms with Crippen LogP contribution in [0.5, 0.6) is 0 Å². The second kappa shape index (κ2) is 7.38. The summed E-state index contributed by atoms with van der Waals surface area (Å²) in [5.41, 5.74) is 7.10. The first-order valence-electron chi connectivity index (χ1n) is 8.11. The summed E-state index contributed by atoms with van der Waals surface area (Å²) < 4.78 is 0. The van der Waals surface area contributed by atoms with E-state index in [0.29, 0.717) is 17.5 Å². The summed E-state index contributed by atoms with van der Waals surface area (Å²) >= 11 is 6.20. The Bertz CT molecular complexity index is 354. The molecule has 3 nitrogen and oxygen atoms in total. The number of hydrogen-bond acceptors (Lipinski definition) is 3. The van der Waals surface area contributed by atoms with E-state index in [1.165, 1.54) is 64.2 Å². The van der Waals surface area contributed by atoms with Crippen molar-refractivity contribution in [2.24, 2.45) is 5.73 Å². The summed E-state index contributed by atoms with van der Waals surface area (Å²) in [4.78, 5) is 11.2. The molecule has 116 valence electrons. The van der Waals surface area contributed by atoms with Gasteiger partial charge in [0.15, 0.2) is 0 Å². The molecule has 2 aliphatic rings. The van der Waals surface area contributed by atoms with Gasteiger partial charge in [0.2, 0.25) is 0 Å². The molecule has 0 aromatic carbocycles. The molecule has 0 aliphatic heterocycles. The fourth-order valence-electron chi connectivity index (χ4n) is 4.02. The van der Waals surface area contributed by atoms with E-state index in [9.17, 15) is 9.90 Å². The van der Waals surface area contributed by atoms with Gasteiger partial charge in [0.05, 0.1) is 0 Å². The van der Waals surface area contributed by atoms with Crippen molar-refractivity contribution in [1.82, 2.24) is 0 Å². The van der Waals surface area contributed by atoms with E-state index in [0.717, 1.165) is 0 Å². The number of hydrogen-bond donors (Lipinski definition) is 2. The third-order valence-electron chi connectivity index (χ3n) is 5.18. The first kappa shape index (κ1) is 16.5. The van der Waals surface area contributed by atoms with E-state index >= 15 is 0 Å². The lowest BCUT2D eigenvalue weighted by Gasteiger charge is -2.42. The van der Waals surface area contributed by atoms with Gasteiger partial charge in [-0.3, -0.25) is 4.79 Å². The second-order valence-electron chi connectivity index (χ2n) is 6.57. The second-order valence-corrected chi connectivity index (χ2v) is 12.1. The van der Waals surface area contributed by atoms with Gasteiger partial charge in [-0.1, -0.05) is 50.3 Å².